The molecule has 0 aliphatic carbocycles. The summed E-state index contributed by atoms with van der Waals surface area (Å²) in [5.41, 5.74) is 0. The number of carbonyl (C=O) groups is 1. The van der Waals surface area contributed by atoms with E-state index < -0.39 is 5.97 Å². The molecule has 0 bridgehead atoms. The molecule has 0 saturated heterocycles. The van der Waals surface area contributed by atoms with Crippen molar-refractivity contribution in [3.63, 3.8) is 0 Å². The van der Waals surface area contributed by atoms with Gasteiger partial charge in [0.1, 0.15) is 0 Å². The highest BCUT2D eigenvalue weighted by Gasteiger charge is 1.96. The third-order valence-electron chi connectivity index (χ3n) is 2.19. The molecule has 16 heavy (non-hydrogen) atoms. The number of ether oxygens (including phenoxy) is 1. The maximum Gasteiger partial charge on any atom is 0.303 e. The van der Waals surface area contributed by atoms with Crippen LogP contribution in [-0.4, -0.2) is 36.9 Å². The van der Waals surface area contributed by atoms with Crippen LogP contribution in [0.4, 0.5) is 0 Å². The van der Waals surface area contributed by atoms with Gasteiger partial charge in [-0.2, -0.15) is 0 Å². The molecule has 0 aromatic carbocycles. The van der Waals surface area contributed by atoms with Crippen LogP contribution >= 0.6 is 0 Å². The molecular weight excluding hydrogens is 206 g/mol. The molecule has 0 spiro atoms. The minimum absolute atomic E-state index is 0.282. The van der Waals surface area contributed by atoms with Crippen LogP contribution in [0.1, 0.15) is 46.0 Å². The molecule has 0 heterocycles. The summed E-state index contributed by atoms with van der Waals surface area (Å²) in [5.74, 6) is -0.703. The quantitative estimate of drug-likeness (QED) is 0.534. The number of nitrogens with one attached hydrogen (secondary N) is 1. The Balaban J connectivity index is 2.96. The molecule has 0 radical (unpaired) electrons. The molecule has 4 heteroatoms. The maximum atomic E-state index is 10.2. The third kappa shape index (κ3) is 13.4. The van der Waals surface area contributed by atoms with Crippen molar-refractivity contribution in [1.82, 2.24) is 5.32 Å². The van der Waals surface area contributed by atoms with Gasteiger partial charge in [0.25, 0.3) is 0 Å². The van der Waals surface area contributed by atoms with Gasteiger partial charge >= 0.3 is 5.97 Å². The van der Waals surface area contributed by atoms with Gasteiger partial charge in [-0.15, -0.1) is 0 Å². The van der Waals surface area contributed by atoms with Crippen LogP contribution in [0, 0.1) is 0 Å². The van der Waals surface area contributed by atoms with Crippen LogP contribution in [0.15, 0.2) is 0 Å². The molecule has 4 nitrogen and oxygen atoms in total. The van der Waals surface area contributed by atoms with Crippen molar-refractivity contribution < 1.29 is 14.6 Å². The van der Waals surface area contributed by atoms with E-state index in [1.807, 2.05) is 13.8 Å². The topological polar surface area (TPSA) is 58.6 Å². The van der Waals surface area contributed by atoms with E-state index in [2.05, 4.69) is 5.32 Å². The Bertz CT molecular complexity index is 172. The van der Waals surface area contributed by atoms with Gasteiger partial charge in [-0.3, -0.25) is 4.79 Å². The summed E-state index contributed by atoms with van der Waals surface area (Å²) < 4.78 is 5.42. The van der Waals surface area contributed by atoms with Crippen LogP contribution in [0.5, 0.6) is 0 Å². The van der Waals surface area contributed by atoms with Crippen LogP contribution in [0.2, 0.25) is 0 Å². The fourth-order valence-corrected chi connectivity index (χ4v) is 1.32. The first-order valence-corrected chi connectivity index (χ1v) is 6.17. The average molecular weight is 231 g/mol. The molecule has 96 valence electrons. The van der Waals surface area contributed by atoms with Crippen molar-refractivity contribution in [2.24, 2.45) is 0 Å². The zero-order valence-corrected chi connectivity index (χ0v) is 10.5. The largest absolute Gasteiger partial charge is 0.481 e. The number of carboxylic acids is 1. The standard InChI is InChI=1S/C12H25NO3/c1-11(2)16-10-6-5-9-13-8-4-3-7-12(14)15/h11,13H,3-10H2,1-2H3,(H,14,15). The minimum atomic E-state index is -0.703. The molecule has 0 aliphatic heterocycles. The molecule has 0 saturated carbocycles. The Morgan fingerprint density at radius 1 is 1.19 bits per heavy atom. The molecule has 0 rings (SSSR count). The van der Waals surface area contributed by atoms with Gasteiger partial charge < -0.3 is 15.2 Å². The van der Waals surface area contributed by atoms with Crippen LogP contribution in [0.25, 0.3) is 0 Å². The van der Waals surface area contributed by atoms with E-state index in [0.29, 0.717) is 6.10 Å². The summed E-state index contributed by atoms with van der Waals surface area (Å²) in [5, 5.41) is 11.7. The first-order chi connectivity index (χ1) is 7.63. The molecule has 0 amide bonds. The summed E-state index contributed by atoms with van der Waals surface area (Å²) in [4.78, 5) is 10.2. The van der Waals surface area contributed by atoms with Crippen LogP contribution in [-0.2, 0) is 9.53 Å². The second kappa shape index (κ2) is 10.9. The van der Waals surface area contributed by atoms with Gasteiger partial charge in [-0.1, -0.05) is 0 Å². The lowest BCUT2D eigenvalue weighted by molar-refractivity contribution is -0.137. The van der Waals surface area contributed by atoms with Crippen molar-refractivity contribution in [3.05, 3.63) is 0 Å². The van der Waals surface area contributed by atoms with Gasteiger partial charge in [0.2, 0.25) is 0 Å². The third-order valence-corrected chi connectivity index (χ3v) is 2.19. The Hall–Kier alpha value is -0.610. The Kier molecular flexibility index (Phi) is 10.5. The monoisotopic (exact) mass is 231 g/mol. The average Bonchev–Trinajstić information content (AvgIpc) is 2.20. The summed E-state index contributed by atoms with van der Waals surface area (Å²) in [6.07, 6.45) is 4.51. The molecule has 0 aliphatic rings. The molecular formula is C12H25NO3. The Morgan fingerprint density at radius 2 is 1.81 bits per heavy atom. The summed E-state index contributed by atoms with van der Waals surface area (Å²) in [6, 6.07) is 0. The van der Waals surface area contributed by atoms with E-state index in [-0.39, 0.29) is 6.42 Å². The van der Waals surface area contributed by atoms with Crippen molar-refractivity contribution in [2.75, 3.05) is 19.7 Å². The van der Waals surface area contributed by atoms with Crippen molar-refractivity contribution in [1.29, 1.82) is 0 Å². The number of hydrogen-bond donors (Lipinski definition) is 2. The molecule has 0 aromatic heterocycles. The Labute approximate surface area is 98.4 Å². The van der Waals surface area contributed by atoms with Gasteiger partial charge in [-0.25, -0.2) is 0 Å². The van der Waals surface area contributed by atoms with E-state index in [1.54, 1.807) is 0 Å². The normalized spacial score (nSPS) is 10.9. The fourth-order valence-electron chi connectivity index (χ4n) is 1.32. The predicted molar refractivity (Wildman–Crippen MR) is 64.7 cm³/mol. The zero-order valence-electron chi connectivity index (χ0n) is 10.5. The predicted octanol–water partition coefficient (Wildman–Crippen LogP) is 2.04. The summed E-state index contributed by atoms with van der Waals surface area (Å²) >= 11 is 0. The number of rotatable bonds is 11. The highest BCUT2D eigenvalue weighted by Crippen LogP contribution is 1.95. The van der Waals surface area contributed by atoms with E-state index in [9.17, 15) is 4.79 Å². The van der Waals surface area contributed by atoms with E-state index in [4.69, 9.17) is 9.84 Å². The van der Waals surface area contributed by atoms with E-state index >= 15 is 0 Å². The molecule has 0 aromatic rings. The molecule has 0 unspecified atom stereocenters. The first kappa shape index (κ1) is 15.4. The van der Waals surface area contributed by atoms with Gasteiger partial charge in [0, 0.05) is 13.0 Å². The highest BCUT2D eigenvalue weighted by atomic mass is 16.5. The summed E-state index contributed by atoms with van der Waals surface area (Å²) in [7, 11) is 0. The van der Waals surface area contributed by atoms with Gasteiger partial charge in [0.15, 0.2) is 0 Å². The SMILES string of the molecule is CC(C)OCCCCNCCCCC(=O)O. The number of unbranched alkanes of at least 4 members (excludes halogenated alkanes) is 2. The van der Waals surface area contributed by atoms with Crippen LogP contribution in [0.3, 0.4) is 0 Å². The van der Waals surface area contributed by atoms with E-state index in [0.717, 1.165) is 45.4 Å². The lowest BCUT2D eigenvalue weighted by Gasteiger charge is -2.07. The maximum absolute atomic E-state index is 10.2. The molecule has 0 atom stereocenters. The van der Waals surface area contributed by atoms with Crippen molar-refractivity contribution >= 4 is 5.97 Å². The van der Waals surface area contributed by atoms with Crippen molar-refractivity contribution in [2.45, 2.75) is 52.1 Å². The fraction of sp³-hybridized carbons (Fsp3) is 0.917. The summed E-state index contributed by atoms with van der Waals surface area (Å²) in [6.45, 7) is 6.83. The number of carboxylic acid groups (broad SMARTS) is 1. The minimum Gasteiger partial charge on any atom is -0.481 e. The Morgan fingerprint density at radius 3 is 2.38 bits per heavy atom. The second-order valence-corrected chi connectivity index (χ2v) is 4.23. The lowest BCUT2D eigenvalue weighted by Crippen LogP contribution is -2.17. The first-order valence-electron chi connectivity index (χ1n) is 6.17. The highest BCUT2D eigenvalue weighted by molar-refractivity contribution is 5.66. The van der Waals surface area contributed by atoms with Crippen LogP contribution < -0.4 is 5.32 Å². The van der Waals surface area contributed by atoms with E-state index in [1.165, 1.54) is 0 Å². The lowest BCUT2D eigenvalue weighted by atomic mass is 10.2. The number of hydrogen-bond acceptors (Lipinski definition) is 3. The molecule has 2 N–H and O–H groups in total. The van der Waals surface area contributed by atoms with Crippen molar-refractivity contribution in [3.8, 4) is 0 Å². The van der Waals surface area contributed by atoms with Gasteiger partial charge in [-0.05, 0) is 52.6 Å². The zero-order chi connectivity index (χ0) is 12.2. The van der Waals surface area contributed by atoms with Gasteiger partial charge in [0.05, 0.1) is 6.10 Å². The second-order valence-electron chi connectivity index (χ2n) is 4.23. The smallest absolute Gasteiger partial charge is 0.303 e. The number of aliphatic carboxylic acids is 1. The molecule has 0 fully saturated rings.